The minimum absolute atomic E-state index is 0.0474. The fraction of sp³-hybridized carbons (Fsp3) is 0.600. The average Bonchev–Trinajstić information content (AvgIpc) is 3.43. The van der Waals surface area contributed by atoms with Crippen LogP contribution in [0.15, 0.2) is 24.3 Å². The maximum atomic E-state index is 12.9. The van der Waals surface area contributed by atoms with E-state index in [-0.39, 0.29) is 36.6 Å². The number of benzene rings is 1. The molecule has 0 unspecified atom stereocenters. The Kier molecular flexibility index (Phi) is 6.02. The van der Waals surface area contributed by atoms with E-state index >= 15 is 0 Å². The van der Waals surface area contributed by atoms with E-state index in [2.05, 4.69) is 4.90 Å². The molecule has 0 aliphatic carbocycles. The molecule has 3 heterocycles. The quantitative estimate of drug-likeness (QED) is 0.602. The molecule has 4 rings (SSSR count). The molecule has 0 aromatic heterocycles. The van der Waals surface area contributed by atoms with Gasteiger partial charge in [-0.1, -0.05) is 12.1 Å². The van der Waals surface area contributed by atoms with Crippen molar-refractivity contribution in [3.63, 3.8) is 0 Å². The maximum absolute atomic E-state index is 12.9. The summed E-state index contributed by atoms with van der Waals surface area (Å²) in [5, 5.41) is 0.291. The van der Waals surface area contributed by atoms with Gasteiger partial charge in [0.15, 0.2) is 0 Å². The molecule has 0 radical (unpaired) electrons. The van der Waals surface area contributed by atoms with Crippen molar-refractivity contribution in [2.75, 3.05) is 44.7 Å². The standard InChI is InChI=1S/C20H27N3O4S2/c1-28-18-14-22(13-17(18)21-9-4-5-10-21)29(26,27)12-6-11-23-19(24)15-7-2-3-8-16(15)20(23)25/h2-3,7-8,17-18H,4-6,9-14H2,1H3/t17-,18+/m0/s1. The summed E-state index contributed by atoms with van der Waals surface area (Å²) in [4.78, 5) is 28.5. The molecule has 158 valence electrons. The molecule has 29 heavy (non-hydrogen) atoms. The topological polar surface area (TPSA) is 78.0 Å². The van der Waals surface area contributed by atoms with Crippen LogP contribution < -0.4 is 0 Å². The third-order valence-electron chi connectivity index (χ3n) is 6.17. The maximum Gasteiger partial charge on any atom is 0.261 e. The molecule has 0 bridgehead atoms. The van der Waals surface area contributed by atoms with Crippen LogP contribution in [0.2, 0.25) is 0 Å². The van der Waals surface area contributed by atoms with Gasteiger partial charge >= 0.3 is 0 Å². The minimum Gasteiger partial charge on any atom is -0.298 e. The van der Waals surface area contributed by atoms with Gasteiger partial charge in [-0.3, -0.25) is 19.4 Å². The lowest BCUT2D eigenvalue weighted by atomic mass is 10.1. The van der Waals surface area contributed by atoms with Crippen molar-refractivity contribution in [2.24, 2.45) is 0 Å². The van der Waals surface area contributed by atoms with Crippen LogP contribution in [0.5, 0.6) is 0 Å². The molecule has 3 aliphatic rings. The zero-order chi connectivity index (χ0) is 20.6. The summed E-state index contributed by atoms with van der Waals surface area (Å²) in [6.45, 7) is 3.31. The van der Waals surface area contributed by atoms with Gasteiger partial charge < -0.3 is 0 Å². The highest BCUT2D eigenvalue weighted by atomic mass is 32.2. The summed E-state index contributed by atoms with van der Waals surface area (Å²) >= 11 is 1.74. The smallest absolute Gasteiger partial charge is 0.261 e. The van der Waals surface area contributed by atoms with Crippen LogP contribution in [-0.4, -0.2) is 90.4 Å². The first kappa shape index (κ1) is 20.8. The Bertz CT molecular complexity index is 864. The van der Waals surface area contributed by atoms with E-state index in [1.807, 2.05) is 6.26 Å². The van der Waals surface area contributed by atoms with Crippen molar-refractivity contribution in [1.82, 2.24) is 14.1 Å². The lowest BCUT2D eigenvalue weighted by Gasteiger charge is -2.27. The van der Waals surface area contributed by atoms with Crippen molar-refractivity contribution in [3.8, 4) is 0 Å². The van der Waals surface area contributed by atoms with Gasteiger partial charge in [-0.05, 0) is 50.7 Å². The van der Waals surface area contributed by atoms with Crippen molar-refractivity contribution in [2.45, 2.75) is 30.6 Å². The normalized spacial score (nSPS) is 25.9. The van der Waals surface area contributed by atoms with Crippen LogP contribution in [0.3, 0.4) is 0 Å². The van der Waals surface area contributed by atoms with Gasteiger partial charge in [-0.15, -0.1) is 0 Å². The molecule has 1 aromatic rings. The fourth-order valence-electron chi connectivity index (χ4n) is 4.58. The van der Waals surface area contributed by atoms with Crippen LogP contribution in [0.25, 0.3) is 0 Å². The van der Waals surface area contributed by atoms with Crippen molar-refractivity contribution < 1.29 is 18.0 Å². The molecule has 0 spiro atoms. The number of fused-ring (bicyclic) bond motifs is 1. The number of sulfonamides is 1. The van der Waals surface area contributed by atoms with E-state index in [0.717, 1.165) is 13.1 Å². The molecule has 2 fully saturated rings. The van der Waals surface area contributed by atoms with Gasteiger partial charge in [0.25, 0.3) is 11.8 Å². The number of carbonyl (C=O) groups excluding carboxylic acids is 2. The Morgan fingerprint density at radius 3 is 2.24 bits per heavy atom. The SMILES string of the molecule is CS[C@@H]1CN(S(=O)(=O)CCCN2C(=O)c3ccccc3C2=O)C[C@@H]1N1CCCC1. The zero-order valence-corrected chi connectivity index (χ0v) is 18.3. The average molecular weight is 438 g/mol. The number of likely N-dealkylation sites (tertiary alicyclic amines) is 1. The van der Waals surface area contributed by atoms with E-state index in [9.17, 15) is 18.0 Å². The first-order valence-corrected chi connectivity index (χ1v) is 13.0. The van der Waals surface area contributed by atoms with Crippen LogP contribution in [0.1, 0.15) is 40.0 Å². The van der Waals surface area contributed by atoms with Gasteiger partial charge in [-0.2, -0.15) is 16.1 Å². The van der Waals surface area contributed by atoms with Gasteiger partial charge in [-0.25, -0.2) is 8.42 Å². The third-order valence-corrected chi connectivity index (χ3v) is 9.13. The summed E-state index contributed by atoms with van der Waals surface area (Å²) in [5.41, 5.74) is 0.798. The molecular weight excluding hydrogens is 410 g/mol. The van der Waals surface area contributed by atoms with Crippen molar-refractivity contribution in [1.29, 1.82) is 0 Å². The molecular formula is C20H27N3O4S2. The molecule has 9 heteroatoms. The number of carbonyl (C=O) groups is 2. The molecule has 0 saturated carbocycles. The second-order valence-corrected chi connectivity index (χ2v) is 11.0. The lowest BCUT2D eigenvalue weighted by Crippen LogP contribution is -2.41. The Balaban J connectivity index is 1.35. The second-order valence-electron chi connectivity index (χ2n) is 7.88. The Morgan fingerprint density at radius 2 is 1.66 bits per heavy atom. The van der Waals surface area contributed by atoms with Gasteiger partial charge in [0.1, 0.15) is 0 Å². The van der Waals surface area contributed by atoms with E-state index in [1.54, 1.807) is 40.3 Å². The zero-order valence-electron chi connectivity index (χ0n) is 16.6. The predicted molar refractivity (Wildman–Crippen MR) is 114 cm³/mol. The molecule has 2 amide bonds. The summed E-state index contributed by atoms with van der Waals surface area (Å²) in [5.74, 6) is -0.713. The Morgan fingerprint density at radius 1 is 1.03 bits per heavy atom. The third kappa shape index (κ3) is 3.97. The van der Waals surface area contributed by atoms with Crippen LogP contribution in [-0.2, 0) is 10.0 Å². The molecule has 1 aromatic carbocycles. The minimum atomic E-state index is -3.42. The molecule has 2 atom stereocenters. The Hall–Kier alpha value is -1.42. The highest BCUT2D eigenvalue weighted by Crippen LogP contribution is 2.30. The van der Waals surface area contributed by atoms with Gasteiger partial charge in [0, 0.05) is 30.9 Å². The highest BCUT2D eigenvalue weighted by molar-refractivity contribution is 7.99. The summed E-state index contributed by atoms with van der Waals surface area (Å²) in [6, 6.07) is 7.00. The first-order chi connectivity index (χ1) is 13.9. The lowest BCUT2D eigenvalue weighted by molar-refractivity contribution is 0.0654. The van der Waals surface area contributed by atoms with E-state index in [4.69, 9.17) is 0 Å². The monoisotopic (exact) mass is 437 g/mol. The molecule has 7 nitrogen and oxygen atoms in total. The van der Waals surface area contributed by atoms with Crippen molar-refractivity contribution in [3.05, 3.63) is 35.4 Å². The molecule has 2 saturated heterocycles. The summed E-state index contributed by atoms with van der Waals surface area (Å²) in [6.07, 6.45) is 4.67. The highest BCUT2D eigenvalue weighted by Gasteiger charge is 2.42. The predicted octanol–water partition coefficient (Wildman–Crippen LogP) is 1.51. The number of hydrogen-bond donors (Lipinski definition) is 0. The number of hydrogen-bond acceptors (Lipinski definition) is 6. The fourth-order valence-corrected chi connectivity index (χ4v) is 7.10. The summed E-state index contributed by atoms with van der Waals surface area (Å²) < 4.78 is 27.4. The number of imide groups is 1. The number of thioether (sulfide) groups is 1. The number of amides is 2. The van der Waals surface area contributed by atoms with Crippen molar-refractivity contribution >= 4 is 33.6 Å². The van der Waals surface area contributed by atoms with E-state index in [0.29, 0.717) is 29.5 Å². The first-order valence-electron chi connectivity index (χ1n) is 10.1. The van der Waals surface area contributed by atoms with E-state index in [1.165, 1.54) is 17.7 Å². The van der Waals surface area contributed by atoms with Gasteiger partial charge in [0.05, 0.1) is 16.9 Å². The number of rotatable bonds is 7. The van der Waals surface area contributed by atoms with Crippen LogP contribution >= 0.6 is 11.8 Å². The summed E-state index contributed by atoms with van der Waals surface area (Å²) in [7, 11) is -3.42. The molecule has 0 N–H and O–H groups in total. The number of nitrogens with zero attached hydrogens (tertiary/aromatic N) is 3. The van der Waals surface area contributed by atoms with Crippen LogP contribution in [0.4, 0.5) is 0 Å². The van der Waals surface area contributed by atoms with Gasteiger partial charge in [0.2, 0.25) is 10.0 Å². The second kappa shape index (κ2) is 8.37. The van der Waals surface area contributed by atoms with E-state index < -0.39 is 10.0 Å². The Labute approximate surface area is 176 Å². The largest absolute Gasteiger partial charge is 0.298 e. The molecule has 3 aliphatic heterocycles. The van der Waals surface area contributed by atoms with Crippen LogP contribution in [0, 0.1) is 0 Å².